The maximum atomic E-state index is 12.6. The number of methoxy groups -OCH3 is 1. The number of furan rings is 1. The van der Waals surface area contributed by atoms with Crippen molar-refractivity contribution in [2.75, 3.05) is 7.11 Å². The molecule has 5 nitrogen and oxygen atoms in total. The smallest absolute Gasteiger partial charge is 0.259 e. The molecule has 0 unspecified atom stereocenters. The van der Waals surface area contributed by atoms with Crippen LogP contribution in [0.15, 0.2) is 52.9 Å². The van der Waals surface area contributed by atoms with E-state index in [1.807, 2.05) is 18.2 Å². The van der Waals surface area contributed by atoms with Gasteiger partial charge in [-0.05, 0) is 30.3 Å². The van der Waals surface area contributed by atoms with Crippen molar-refractivity contribution < 1.29 is 18.7 Å². The van der Waals surface area contributed by atoms with Gasteiger partial charge in [-0.25, -0.2) is 0 Å². The Morgan fingerprint density at radius 1 is 0.926 bits per heavy atom. The largest absolute Gasteiger partial charge is 0.497 e. The summed E-state index contributed by atoms with van der Waals surface area (Å²) < 4.78 is 11.3. The molecule has 0 spiro atoms. The van der Waals surface area contributed by atoms with E-state index in [-0.39, 0.29) is 0 Å². The Morgan fingerprint density at radius 2 is 1.70 bits per heavy atom. The van der Waals surface area contributed by atoms with Crippen molar-refractivity contribution >= 4 is 45.4 Å². The van der Waals surface area contributed by atoms with E-state index in [4.69, 9.17) is 20.8 Å². The molecule has 0 fully saturated rings. The van der Waals surface area contributed by atoms with Gasteiger partial charge in [0.25, 0.3) is 11.8 Å². The van der Waals surface area contributed by atoms with Gasteiger partial charge in [-0.3, -0.25) is 14.9 Å². The highest BCUT2D eigenvalue weighted by Crippen LogP contribution is 2.42. The molecule has 0 radical (unpaired) electrons. The number of nitrogens with one attached hydrogen (secondary N) is 1. The first kappa shape index (κ1) is 15.9. The molecule has 132 valence electrons. The lowest BCUT2D eigenvalue weighted by Gasteiger charge is -2.09. The number of carbonyl (C=O) groups excluding carboxylic acids is 2. The van der Waals surface area contributed by atoms with Crippen molar-refractivity contribution in [3.05, 3.63) is 64.7 Å². The van der Waals surface area contributed by atoms with Crippen LogP contribution in [0.2, 0.25) is 5.02 Å². The summed E-state index contributed by atoms with van der Waals surface area (Å²) in [5.74, 6) is -0.248. The second-order valence-electron chi connectivity index (χ2n) is 6.27. The lowest BCUT2D eigenvalue weighted by Crippen LogP contribution is -2.20. The van der Waals surface area contributed by atoms with Gasteiger partial charge in [0, 0.05) is 26.9 Å². The van der Waals surface area contributed by atoms with E-state index in [0.29, 0.717) is 49.6 Å². The Morgan fingerprint density at radius 3 is 2.48 bits per heavy atom. The van der Waals surface area contributed by atoms with Crippen LogP contribution in [-0.2, 0) is 0 Å². The number of ether oxygens (including phenoxy) is 1. The van der Waals surface area contributed by atoms with Crippen LogP contribution in [0, 0.1) is 0 Å². The van der Waals surface area contributed by atoms with Crippen LogP contribution in [0.4, 0.5) is 0 Å². The zero-order chi connectivity index (χ0) is 18.7. The van der Waals surface area contributed by atoms with Crippen LogP contribution < -0.4 is 10.1 Å². The Kier molecular flexibility index (Phi) is 3.29. The summed E-state index contributed by atoms with van der Waals surface area (Å²) in [6.07, 6.45) is 0. The van der Waals surface area contributed by atoms with E-state index in [9.17, 15) is 9.59 Å². The van der Waals surface area contributed by atoms with Crippen LogP contribution in [0.25, 0.3) is 33.1 Å². The fourth-order valence-electron chi connectivity index (χ4n) is 3.63. The molecule has 0 bridgehead atoms. The number of benzene rings is 3. The molecule has 1 aromatic heterocycles. The summed E-state index contributed by atoms with van der Waals surface area (Å²) in [6, 6.07) is 14.3. The molecule has 3 aromatic carbocycles. The summed E-state index contributed by atoms with van der Waals surface area (Å²) in [5, 5.41) is 4.20. The van der Waals surface area contributed by atoms with Crippen molar-refractivity contribution in [3.63, 3.8) is 0 Å². The van der Waals surface area contributed by atoms with Crippen LogP contribution in [-0.4, -0.2) is 18.9 Å². The number of fused-ring (bicyclic) bond motifs is 5. The second-order valence-corrected chi connectivity index (χ2v) is 6.68. The number of hydrogen-bond acceptors (Lipinski definition) is 4. The number of rotatable bonds is 2. The van der Waals surface area contributed by atoms with Gasteiger partial charge in [-0.1, -0.05) is 29.8 Å². The van der Waals surface area contributed by atoms with E-state index in [1.54, 1.807) is 37.4 Å². The van der Waals surface area contributed by atoms with Crippen molar-refractivity contribution in [2.24, 2.45) is 0 Å². The Bertz CT molecular complexity index is 1290. The molecule has 1 N–H and O–H groups in total. The van der Waals surface area contributed by atoms with Gasteiger partial charge in [0.05, 0.1) is 18.2 Å². The molecule has 27 heavy (non-hydrogen) atoms. The normalized spacial score (nSPS) is 13.3. The van der Waals surface area contributed by atoms with Gasteiger partial charge in [0.15, 0.2) is 0 Å². The molecule has 0 saturated heterocycles. The molecule has 2 heterocycles. The first-order valence-electron chi connectivity index (χ1n) is 8.26. The Balaban J connectivity index is 1.97. The zero-order valence-electron chi connectivity index (χ0n) is 14.1. The molecule has 6 heteroatoms. The van der Waals surface area contributed by atoms with Gasteiger partial charge in [0.1, 0.15) is 16.9 Å². The van der Waals surface area contributed by atoms with Crippen molar-refractivity contribution in [3.8, 4) is 16.9 Å². The lowest BCUT2D eigenvalue weighted by atomic mass is 9.93. The monoisotopic (exact) mass is 377 g/mol. The predicted molar refractivity (Wildman–Crippen MR) is 103 cm³/mol. The van der Waals surface area contributed by atoms with Crippen LogP contribution in [0.1, 0.15) is 20.7 Å². The average Bonchev–Trinajstić information content (AvgIpc) is 3.17. The first-order chi connectivity index (χ1) is 13.1. The average molecular weight is 378 g/mol. The highest BCUT2D eigenvalue weighted by molar-refractivity contribution is 6.35. The minimum absolute atomic E-state index is 0.305. The lowest BCUT2D eigenvalue weighted by molar-refractivity contribution is 0.0880. The predicted octanol–water partition coefficient (Wildman–Crippen LogP) is 4.80. The molecular weight excluding hydrogens is 366 g/mol. The van der Waals surface area contributed by atoms with Crippen molar-refractivity contribution in [2.45, 2.75) is 0 Å². The molecule has 1 aliphatic heterocycles. The van der Waals surface area contributed by atoms with E-state index >= 15 is 0 Å². The minimum Gasteiger partial charge on any atom is -0.497 e. The molecule has 2 amide bonds. The molecule has 5 rings (SSSR count). The third-order valence-electron chi connectivity index (χ3n) is 4.81. The maximum Gasteiger partial charge on any atom is 0.259 e. The summed E-state index contributed by atoms with van der Waals surface area (Å²) in [6.45, 7) is 0. The van der Waals surface area contributed by atoms with E-state index in [1.165, 1.54) is 0 Å². The topological polar surface area (TPSA) is 68.5 Å². The minimum atomic E-state index is -0.445. The quantitative estimate of drug-likeness (QED) is 0.509. The fraction of sp³-hybridized carbons (Fsp3) is 0.0476. The van der Waals surface area contributed by atoms with Gasteiger partial charge in [0.2, 0.25) is 0 Å². The van der Waals surface area contributed by atoms with Crippen molar-refractivity contribution in [1.82, 2.24) is 5.32 Å². The number of amides is 2. The summed E-state index contributed by atoms with van der Waals surface area (Å²) in [7, 11) is 1.57. The third-order valence-corrected chi connectivity index (χ3v) is 5.14. The SMILES string of the molecule is COc1ccc2oc3cc(-c4ccccc4Cl)c4c(c3c2c1)C(=O)NC4=O. The second kappa shape index (κ2) is 5.59. The third kappa shape index (κ3) is 2.18. The Labute approximate surface area is 158 Å². The molecule has 4 aromatic rings. The molecule has 0 saturated carbocycles. The fourth-order valence-corrected chi connectivity index (χ4v) is 3.87. The number of halogens is 1. The molecule has 1 aliphatic rings. The standard InChI is InChI=1S/C21H12ClNO4/c1-26-10-6-7-15-13(8-10)17-16(27-15)9-12(11-4-2-3-5-14(11)22)18-19(17)21(25)23-20(18)24/h2-9H,1H3,(H,23,24,25). The Hall–Kier alpha value is -3.31. The van der Waals surface area contributed by atoms with Crippen LogP contribution in [0.3, 0.4) is 0 Å². The maximum absolute atomic E-state index is 12.6. The number of carbonyl (C=O) groups is 2. The molecular formula is C21H12ClNO4. The highest BCUT2D eigenvalue weighted by atomic mass is 35.5. The molecule has 0 atom stereocenters. The van der Waals surface area contributed by atoms with Gasteiger partial charge >= 0.3 is 0 Å². The molecule has 0 aliphatic carbocycles. The van der Waals surface area contributed by atoms with Crippen LogP contribution in [0.5, 0.6) is 5.75 Å². The highest BCUT2D eigenvalue weighted by Gasteiger charge is 2.34. The zero-order valence-corrected chi connectivity index (χ0v) is 14.9. The van der Waals surface area contributed by atoms with E-state index in [0.717, 1.165) is 5.39 Å². The summed E-state index contributed by atoms with van der Waals surface area (Å²) in [4.78, 5) is 25.2. The van der Waals surface area contributed by atoms with Gasteiger partial charge in [-0.2, -0.15) is 0 Å². The first-order valence-corrected chi connectivity index (χ1v) is 8.64. The summed E-state index contributed by atoms with van der Waals surface area (Å²) in [5.41, 5.74) is 2.97. The van der Waals surface area contributed by atoms with Gasteiger partial charge in [-0.15, -0.1) is 0 Å². The van der Waals surface area contributed by atoms with Gasteiger partial charge < -0.3 is 9.15 Å². The van der Waals surface area contributed by atoms with E-state index < -0.39 is 11.8 Å². The van der Waals surface area contributed by atoms with E-state index in [2.05, 4.69) is 5.32 Å². The van der Waals surface area contributed by atoms with Crippen molar-refractivity contribution in [1.29, 1.82) is 0 Å². The number of hydrogen-bond donors (Lipinski definition) is 1. The van der Waals surface area contributed by atoms with Crippen LogP contribution >= 0.6 is 11.6 Å². The summed E-state index contributed by atoms with van der Waals surface area (Å²) >= 11 is 6.35. The number of imide groups is 1.